The van der Waals surface area contributed by atoms with Crippen LogP contribution in [-0.2, 0) is 9.53 Å². The van der Waals surface area contributed by atoms with Crippen molar-refractivity contribution in [3.8, 4) is 0 Å². The van der Waals surface area contributed by atoms with Crippen LogP contribution in [0.3, 0.4) is 0 Å². The van der Waals surface area contributed by atoms with Crippen molar-refractivity contribution in [2.75, 3.05) is 7.11 Å². The Bertz CT molecular complexity index is 297. The van der Waals surface area contributed by atoms with Crippen LogP contribution < -0.4 is 5.73 Å². The fraction of sp³-hybridized carbons (Fsp3) is 0.375. The van der Waals surface area contributed by atoms with Crippen molar-refractivity contribution in [2.24, 2.45) is 5.73 Å². The number of methoxy groups -OCH3 is 1. The van der Waals surface area contributed by atoms with Crippen molar-refractivity contribution in [1.82, 2.24) is 0 Å². The van der Waals surface area contributed by atoms with Crippen LogP contribution in [-0.4, -0.2) is 13.1 Å². The van der Waals surface area contributed by atoms with Crippen LogP contribution in [0.1, 0.15) is 18.2 Å². The molecule has 1 heterocycles. The molecule has 1 rings (SSSR count). The van der Waals surface area contributed by atoms with Gasteiger partial charge in [0, 0.05) is 0 Å². The summed E-state index contributed by atoms with van der Waals surface area (Å²) in [5.41, 5.74) is 5.63. The molecule has 0 aliphatic heterocycles. The molecule has 0 saturated heterocycles. The highest BCUT2D eigenvalue weighted by Crippen LogP contribution is 2.20. The van der Waals surface area contributed by atoms with Crippen molar-refractivity contribution in [2.45, 2.75) is 12.5 Å². The number of halogens is 1. The second-order valence-corrected chi connectivity index (χ2v) is 2.90. The molecular formula is C8H10ClNO3. The van der Waals surface area contributed by atoms with Gasteiger partial charge >= 0.3 is 5.97 Å². The van der Waals surface area contributed by atoms with Crippen molar-refractivity contribution in [3.05, 3.63) is 23.1 Å². The third kappa shape index (κ3) is 2.75. The maximum atomic E-state index is 10.8. The maximum absolute atomic E-state index is 10.8. The Morgan fingerprint density at radius 2 is 2.46 bits per heavy atom. The molecule has 4 nitrogen and oxygen atoms in total. The number of ether oxygens (including phenoxy) is 1. The summed E-state index contributed by atoms with van der Waals surface area (Å²) in [7, 11) is 1.31. The Kier molecular flexibility index (Phi) is 3.33. The number of carbonyl (C=O) groups is 1. The number of hydrogen-bond acceptors (Lipinski definition) is 4. The van der Waals surface area contributed by atoms with Crippen LogP contribution in [0, 0.1) is 0 Å². The van der Waals surface area contributed by atoms with Gasteiger partial charge in [0.15, 0.2) is 5.22 Å². The Hall–Kier alpha value is -1.00. The quantitative estimate of drug-likeness (QED) is 0.756. The highest BCUT2D eigenvalue weighted by molar-refractivity contribution is 6.28. The van der Waals surface area contributed by atoms with Gasteiger partial charge in [-0.1, -0.05) is 0 Å². The lowest BCUT2D eigenvalue weighted by atomic mass is 10.2. The van der Waals surface area contributed by atoms with Gasteiger partial charge in [-0.05, 0) is 23.7 Å². The minimum atomic E-state index is -0.500. The minimum absolute atomic E-state index is 0.0837. The number of rotatable bonds is 3. The standard InChI is InChI=1S/C8H10ClNO3/c1-12-8(11)4-5(10)6-2-3-7(9)13-6/h2-3,5H,4,10H2,1H3/t5-/m1/s1. The summed E-state index contributed by atoms with van der Waals surface area (Å²) in [6.45, 7) is 0. The van der Waals surface area contributed by atoms with E-state index in [2.05, 4.69) is 4.74 Å². The van der Waals surface area contributed by atoms with Crippen LogP contribution in [0.15, 0.2) is 16.5 Å². The lowest BCUT2D eigenvalue weighted by Crippen LogP contribution is -2.15. The average Bonchev–Trinajstić information content (AvgIpc) is 2.51. The second-order valence-electron chi connectivity index (χ2n) is 2.53. The summed E-state index contributed by atoms with van der Waals surface area (Å²) in [5, 5.41) is 0.260. The molecule has 0 fully saturated rings. The van der Waals surface area contributed by atoms with E-state index in [4.69, 9.17) is 21.8 Å². The Morgan fingerprint density at radius 3 is 2.92 bits per heavy atom. The molecule has 5 heteroatoms. The van der Waals surface area contributed by atoms with Gasteiger partial charge in [0.25, 0.3) is 0 Å². The topological polar surface area (TPSA) is 65.5 Å². The predicted molar refractivity (Wildman–Crippen MR) is 47.3 cm³/mol. The van der Waals surface area contributed by atoms with Gasteiger partial charge < -0.3 is 14.9 Å². The lowest BCUT2D eigenvalue weighted by molar-refractivity contribution is -0.141. The molecule has 0 unspecified atom stereocenters. The SMILES string of the molecule is COC(=O)C[C@@H](N)c1ccc(Cl)o1. The van der Waals surface area contributed by atoms with Crippen molar-refractivity contribution in [3.63, 3.8) is 0 Å². The van der Waals surface area contributed by atoms with E-state index in [1.807, 2.05) is 0 Å². The first-order chi connectivity index (χ1) is 6.13. The zero-order chi connectivity index (χ0) is 9.84. The van der Waals surface area contributed by atoms with Crippen LogP contribution in [0.5, 0.6) is 0 Å². The third-order valence-corrected chi connectivity index (χ3v) is 1.78. The average molecular weight is 204 g/mol. The van der Waals surface area contributed by atoms with Crippen molar-refractivity contribution in [1.29, 1.82) is 0 Å². The maximum Gasteiger partial charge on any atom is 0.307 e. The smallest absolute Gasteiger partial charge is 0.307 e. The molecule has 1 aromatic heterocycles. The van der Waals surface area contributed by atoms with Gasteiger partial charge in [0.1, 0.15) is 5.76 Å². The summed E-state index contributed by atoms with van der Waals surface area (Å²) in [6.07, 6.45) is 0.0837. The molecule has 0 aliphatic carbocycles. The molecule has 13 heavy (non-hydrogen) atoms. The summed E-state index contributed by atoms with van der Waals surface area (Å²) in [6, 6.07) is 2.71. The first-order valence-electron chi connectivity index (χ1n) is 3.71. The van der Waals surface area contributed by atoms with E-state index >= 15 is 0 Å². The third-order valence-electron chi connectivity index (χ3n) is 1.57. The van der Waals surface area contributed by atoms with E-state index in [9.17, 15) is 4.79 Å². The van der Waals surface area contributed by atoms with Gasteiger partial charge in [-0.3, -0.25) is 4.79 Å². The Balaban J connectivity index is 2.58. The molecule has 0 radical (unpaired) electrons. The zero-order valence-electron chi connectivity index (χ0n) is 7.12. The molecular weight excluding hydrogens is 194 g/mol. The highest BCUT2D eigenvalue weighted by Gasteiger charge is 2.14. The van der Waals surface area contributed by atoms with Crippen molar-refractivity contribution < 1.29 is 13.9 Å². The fourth-order valence-electron chi connectivity index (χ4n) is 0.891. The molecule has 1 atom stereocenters. The molecule has 0 spiro atoms. The molecule has 0 aromatic carbocycles. The number of furan rings is 1. The van der Waals surface area contributed by atoms with E-state index in [0.717, 1.165) is 0 Å². The highest BCUT2D eigenvalue weighted by atomic mass is 35.5. The van der Waals surface area contributed by atoms with Crippen LogP contribution >= 0.6 is 11.6 Å². The molecule has 0 bridgehead atoms. The number of esters is 1. The molecule has 1 aromatic rings. The number of carbonyl (C=O) groups excluding carboxylic acids is 1. The second kappa shape index (κ2) is 4.30. The predicted octanol–water partition coefficient (Wildman–Crippen LogP) is 1.50. The first-order valence-corrected chi connectivity index (χ1v) is 4.09. The van der Waals surface area contributed by atoms with E-state index in [-0.39, 0.29) is 17.6 Å². The summed E-state index contributed by atoms with van der Waals surface area (Å²) < 4.78 is 9.48. The van der Waals surface area contributed by atoms with Gasteiger partial charge in [-0.25, -0.2) is 0 Å². The van der Waals surface area contributed by atoms with Crippen LogP contribution in [0.25, 0.3) is 0 Å². The van der Waals surface area contributed by atoms with Gasteiger partial charge in [-0.2, -0.15) is 0 Å². The normalized spacial score (nSPS) is 12.5. The fourth-order valence-corrected chi connectivity index (χ4v) is 1.04. The summed E-state index contributed by atoms with van der Waals surface area (Å²) in [5.74, 6) is 0.107. The van der Waals surface area contributed by atoms with Gasteiger partial charge in [-0.15, -0.1) is 0 Å². The van der Waals surface area contributed by atoms with Crippen LogP contribution in [0.2, 0.25) is 5.22 Å². The monoisotopic (exact) mass is 203 g/mol. The Labute approximate surface area is 80.6 Å². The van der Waals surface area contributed by atoms with E-state index in [1.165, 1.54) is 7.11 Å². The van der Waals surface area contributed by atoms with E-state index < -0.39 is 6.04 Å². The summed E-state index contributed by atoms with van der Waals surface area (Å²) in [4.78, 5) is 10.8. The number of hydrogen-bond donors (Lipinski definition) is 1. The number of nitrogens with two attached hydrogens (primary N) is 1. The van der Waals surface area contributed by atoms with Gasteiger partial charge in [0.2, 0.25) is 0 Å². The minimum Gasteiger partial charge on any atom is -0.469 e. The van der Waals surface area contributed by atoms with Crippen LogP contribution in [0.4, 0.5) is 0 Å². The Morgan fingerprint density at radius 1 is 1.77 bits per heavy atom. The molecule has 0 saturated carbocycles. The summed E-state index contributed by atoms with van der Waals surface area (Å²) >= 11 is 5.54. The molecule has 2 N–H and O–H groups in total. The van der Waals surface area contributed by atoms with Gasteiger partial charge in [0.05, 0.1) is 19.6 Å². The van der Waals surface area contributed by atoms with Crippen molar-refractivity contribution >= 4 is 17.6 Å². The van der Waals surface area contributed by atoms with E-state index in [0.29, 0.717) is 5.76 Å². The largest absolute Gasteiger partial charge is 0.469 e. The van der Waals surface area contributed by atoms with E-state index in [1.54, 1.807) is 12.1 Å². The lowest BCUT2D eigenvalue weighted by Gasteiger charge is -2.05. The molecule has 0 amide bonds. The molecule has 0 aliphatic rings. The molecule has 72 valence electrons. The zero-order valence-corrected chi connectivity index (χ0v) is 7.88. The first kappa shape index (κ1) is 10.1.